The summed E-state index contributed by atoms with van der Waals surface area (Å²) in [6.45, 7) is 1.54. The van der Waals surface area contributed by atoms with Crippen LogP contribution in [0.4, 0.5) is 0 Å². The molecule has 5 nitrogen and oxygen atoms in total. The van der Waals surface area contributed by atoms with Gasteiger partial charge in [-0.3, -0.25) is 0 Å². The van der Waals surface area contributed by atoms with E-state index in [0.717, 1.165) is 36.5 Å². The molecule has 19 heavy (non-hydrogen) atoms. The molecule has 2 heterocycles. The highest BCUT2D eigenvalue weighted by atomic mass is 16.5. The van der Waals surface area contributed by atoms with Crippen LogP contribution in [0.2, 0.25) is 0 Å². The second kappa shape index (κ2) is 5.40. The first kappa shape index (κ1) is 12.2. The Morgan fingerprint density at radius 2 is 2.26 bits per heavy atom. The molecule has 0 spiro atoms. The van der Waals surface area contributed by atoms with E-state index in [4.69, 9.17) is 9.26 Å². The molecule has 0 saturated carbocycles. The summed E-state index contributed by atoms with van der Waals surface area (Å²) in [6.07, 6.45) is 1.66. The van der Waals surface area contributed by atoms with Gasteiger partial charge in [0.25, 0.3) is 0 Å². The van der Waals surface area contributed by atoms with Crippen molar-refractivity contribution < 1.29 is 9.26 Å². The molecule has 0 bridgehead atoms. The number of rotatable bonds is 4. The van der Waals surface area contributed by atoms with Gasteiger partial charge in [-0.2, -0.15) is 4.98 Å². The van der Waals surface area contributed by atoms with Crippen LogP contribution in [-0.2, 0) is 6.42 Å². The molecular formula is C14H17N3O2. The maximum Gasteiger partial charge on any atom is 0.234 e. The highest BCUT2D eigenvalue weighted by Crippen LogP contribution is 2.36. The summed E-state index contributed by atoms with van der Waals surface area (Å²) < 4.78 is 11.1. The van der Waals surface area contributed by atoms with Crippen LogP contribution >= 0.6 is 0 Å². The van der Waals surface area contributed by atoms with Gasteiger partial charge in [-0.1, -0.05) is 23.4 Å². The minimum atomic E-state index is 0.154. The van der Waals surface area contributed by atoms with Crippen LogP contribution in [0, 0.1) is 0 Å². The van der Waals surface area contributed by atoms with Crippen molar-refractivity contribution in [2.24, 2.45) is 0 Å². The smallest absolute Gasteiger partial charge is 0.234 e. The SMILES string of the molecule is CNCCc1noc(C2CCOc3ccccc32)n1. The standard InChI is InChI=1S/C14H17N3O2/c1-15-8-6-13-16-14(19-17-13)11-7-9-18-12-5-3-2-4-10(11)12/h2-5,11,15H,6-9H2,1H3. The molecule has 1 N–H and O–H groups in total. The van der Waals surface area contributed by atoms with Gasteiger partial charge in [0.15, 0.2) is 5.82 Å². The Kier molecular flexibility index (Phi) is 3.46. The lowest BCUT2D eigenvalue weighted by Gasteiger charge is -2.22. The summed E-state index contributed by atoms with van der Waals surface area (Å²) >= 11 is 0. The lowest BCUT2D eigenvalue weighted by atomic mass is 9.93. The topological polar surface area (TPSA) is 60.2 Å². The van der Waals surface area contributed by atoms with Gasteiger partial charge in [0, 0.05) is 18.5 Å². The molecule has 1 aromatic heterocycles. The van der Waals surface area contributed by atoms with E-state index in [1.807, 2.05) is 25.2 Å². The quantitative estimate of drug-likeness (QED) is 0.906. The van der Waals surface area contributed by atoms with Gasteiger partial charge in [-0.25, -0.2) is 0 Å². The number of likely N-dealkylation sites (N-methyl/N-ethyl adjacent to an activating group) is 1. The number of hydrogen-bond acceptors (Lipinski definition) is 5. The van der Waals surface area contributed by atoms with Crippen molar-refractivity contribution in [3.63, 3.8) is 0 Å². The van der Waals surface area contributed by atoms with Gasteiger partial charge in [0.1, 0.15) is 5.75 Å². The van der Waals surface area contributed by atoms with Gasteiger partial charge in [0.05, 0.1) is 12.5 Å². The van der Waals surface area contributed by atoms with Crippen molar-refractivity contribution in [1.29, 1.82) is 0 Å². The Labute approximate surface area is 112 Å². The van der Waals surface area contributed by atoms with E-state index in [-0.39, 0.29) is 5.92 Å². The highest BCUT2D eigenvalue weighted by molar-refractivity contribution is 5.40. The van der Waals surface area contributed by atoms with E-state index in [2.05, 4.69) is 21.5 Å². The molecule has 2 aromatic rings. The molecule has 0 aliphatic carbocycles. The Morgan fingerprint density at radius 1 is 1.37 bits per heavy atom. The van der Waals surface area contributed by atoms with E-state index in [1.54, 1.807) is 0 Å². The molecule has 0 amide bonds. The number of fused-ring (bicyclic) bond motifs is 1. The van der Waals surface area contributed by atoms with Crippen molar-refractivity contribution in [3.8, 4) is 5.75 Å². The van der Waals surface area contributed by atoms with Crippen molar-refractivity contribution in [2.45, 2.75) is 18.8 Å². The molecule has 1 aliphatic rings. The summed E-state index contributed by atoms with van der Waals surface area (Å²) in [7, 11) is 1.91. The average Bonchev–Trinajstić information content (AvgIpc) is 2.93. The third-order valence-electron chi connectivity index (χ3n) is 3.34. The minimum Gasteiger partial charge on any atom is -0.493 e. The largest absolute Gasteiger partial charge is 0.493 e. The van der Waals surface area contributed by atoms with E-state index in [0.29, 0.717) is 12.5 Å². The van der Waals surface area contributed by atoms with Crippen LogP contribution in [0.1, 0.15) is 29.6 Å². The third-order valence-corrected chi connectivity index (χ3v) is 3.34. The zero-order valence-electron chi connectivity index (χ0n) is 10.9. The minimum absolute atomic E-state index is 0.154. The number of ether oxygens (including phenoxy) is 1. The molecule has 5 heteroatoms. The van der Waals surface area contributed by atoms with Crippen LogP contribution < -0.4 is 10.1 Å². The van der Waals surface area contributed by atoms with Gasteiger partial charge in [-0.15, -0.1) is 0 Å². The lowest BCUT2D eigenvalue weighted by Crippen LogP contribution is -2.15. The molecule has 1 aliphatic heterocycles. The van der Waals surface area contributed by atoms with E-state index in [1.165, 1.54) is 0 Å². The Bertz CT molecular complexity index is 553. The maximum absolute atomic E-state index is 5.65. The number of nitrogens with one attached hydrogen (secondary N) is 1. The number of hydrogen-bond donors (Lipinski definition) is 1. The molecular weight excluding hydrogens is 242 g/mol. The summed E-state index contributed by atoms with van der Waals surface area (Å²) in [5, 5.41) is 7.11. The van der Waals surface area contributed by atoms with Crippen molar-refractivity contribution in [3.05, 3.63) is 41.5 Å². The number of aromatic nitrogens is 2. The Balaban J connectivity index is 1.85. The van der Waals surface area contributed by atoms with Crippen molar-refractivity contribution in [2.75, 3.05) is 20.2 Å². The molecule has 3 rings (SSSR count). The molecule has 0 fully saturated rings. The Morgan fingerprint density at radius 3 is 3.16 bits per heavy atom. The fourth-order valence-electron chi connectivity index (χ4n) is 2.35. The van der Waals surface area contributed by atoms with Gasteiger partial charge < -0.3 is 14.6 Å². The van der Waals surface area contributed by atoms with Gasteiger partial charge >= 0.3 is 0 Å². The summed E-state index contributed by atoms with van der Waals surface area (Å²) in [5.74, 6) is 2.53. The second-order valence-corrected chi connectivity index (χ2v) is 4.63. The van der Waals surface area contributed by atoms with Crippen molar-refractivity contribution >= 4 is 0 Å². The maximum atomic E-state index is 5.65. The molecule has 0 saturated heterocycles. The average molecular weight is 259 g/mol. The summed E-state index contributed by atoms with van der Waals surface area (Å²) in [6, 6.07) is 8.04. The van der Waals surface area contributed by atoms with Gasteiger partial charge in [0.2, 0.25) is 5.89 Å². The van der Waals surface area contributed by atoms with Crippen LogP contribution in [0.25, 0.3) is 0 Å². The van der Waals surface area contributed by atoms with E-state index in [9.17, 15) is 0 Å². The Hall–Kier alpha value is -1.88. The zero-order chi connectivity index (χ0) is 13.1. The van der Waals surface area contributed by atoms with Gasteiger partial charge in [-0.05, 0) is 19.5 Å². The fourth-order valence-corrected chi connectivity index (χ4v) is 2.35. The molecule has 100 valence electrons. The highest BCUT2D eigenvalue weighted by Gasteiger charge is 2.27. The lowest BCUT2D eigenvalue weighted by molar-refractivity contribution is 0.256. The van der Waals surface area contributed by atoms with Crippen LogP contribution in [0.3, 0.4) is 0 Å². The summed E-state index contributed by atoms with van der Waals surface area (Å²) in [4.78, 5) is 4.50. The van der Waals surface area contributed by atoms with Crippen molar-refractivity contribution in [1.82, 2.24) is 15.5 Å². The molecule has 1 atom stereocenters. The molecule has 0 radical (unpaired) electrons. The van der Waals surface area contributed by atoms with Crippen LogP contribution in [-0.4, -0.2) is 30.3 Å². The monoisotopic (exact) mass is 259 g/mol. The molecule has 1 aromatic carbocycles. The summed E-state index contributed by atoms with van der Waals surface area (Å²) in [5.41, 5.74) is 1.14. The van der Waals surface area contributed by atoms with E-state index >= 15 is 0 Å². The zero-order valence-corrected chi connectivity index (χ0v) is 10.9. The first-order chi connectivity index (χ1) is 9.38. The normalized spacial score (nSPS) is 17.8. The first-order valence-corrected chi connectivity index (χ1v) is 6.57. The fraction of sp³-hybridized carbons (Fsp3) is 0.429. The van der Waals surface area contributed by atoms with Crippen LogP contribution in [0.5, 0.6) is 5.75 Å². The number of benzene rings is 1. The molecule has 1 unspecified atom stereocenters. The second-order valence-electron chi connectivity index (χ2n) is 4.63. The number of nitrogens with zero attached hydrogens (tertiary/aromatic N) is 2. The first-order valence-electron chi connectivity index (χ1n) is 6.57. The van der Waals surface area contributed by atoms with E-state index < -0.39 is 0 Å². The predicted molar refractivity (Wildman–Crippen MR) is 70.3 cm³/mol. The number of para-hydroxylation sites is 1. The van der Waals surface area contributed by atoms with Crippen LogP contribution in [0.15, 0.2) is 28.8 Å². The third kappa shape index (κ3) is 2.46. The predicted octanol–water partition coefficient (Wildman–Crippen LogP) is 1.75.